The SMILES string of the molecule is O=C(O)CCc1ccc(NC(=O)c2ccc(-n3cc(CCCF)nn3)cc2)cc1. The Bertz CT molecular complexity index is 968. The molecule has 0 fully saturated rings. The lowest BCUT2D eigenvalue weighted by Gasteiger charge is -2.07. The number of amides is 1. The minimum absolute atomic E-state index is 0.0706. The molecule has 7 nitrogen and oxygen atoms in total. The van der Waals surface area contributed by atoms with Crippen LogP contribution < -0.4 is 5.32 Å². The number of hydrogen-bond donors (Lipinski definition) is 2. The molecule has 0 aliphatic heterocycles. The summed E-state index contributed by atoms with van der Waals surface area (Å²) in [4.78, 5) is 23.0. The maximum Gasteiger partial charge on any atom is 0.303 e. The monoisotopic (exact) mass is 396 g/mol. The fourth-order valence-corrected chi connectivity index (χ4v) is 2.76. The van der Waals surface area contributed by atoms with Crippen LogP contribution in [0.1, 0.15) is 34.5 Å². The van der Waals surface area contributed by atoms with Gasteiger partial charge in [0, 0.05) is 17.7 Å². The Balaban J connectivity index is 1.60. The van der Waals surface area contributed by atoms with Crippen LogP contribution in [0.3, 0.4) is 0 Å². The molecule has 0 aliphatic rings. The number of rotatable bonds is 9. The van der Waals surface area contributed by atoms with Crippen LogP contribution in [0.15, 0.2) is 54.7 Å². The van der Waals surface area contributed by atoms with E-state index in [-0.39, 0.29) is 19.0 Å². The largest absolute Gasteiger partial charge is 0.481 e. The maximum atomic E-state index is 12.4. The molecule has 0 saturated carbocycles. The van der Waals surface area contributed by atoms with E-state index in [9.17, 15) is 14.0 Å². The number of anilines is 1. The minimum Gasteiger partial charge on any atom is -0.481 e. The van der Waals surface area contributed by atoms with E-state index in [4.69, 9.17) is 5.11 Å². The smallest absolute Gasteiger partial charge is 0.303 e. The summed E-state index contributed by atoms with van der Waals surface area (Å²) in [5.74, 6) is -1.09. The van der Waals surface area contributed by atoms with Crippen molar-refractivity contribution in [1.29, 1.82) is 0 Å². The van der Waals surface area contributed by atoms with Gasteiger partial charge < -0.3 is 10.4 Å². The Hall–Kier alpha value is -3.55. The summed E-state index contributed by atoms with van der Waals surface area (Å²) in [5, 5.41) is 19.6. The topological polar surface area (TPSA) is 97.1 Å². The van der Waals surface area contributed by atoms with Crippen LogP contribution in [0, 0.1) is 0 Å². The molecule has 2 N–H and O–H groups in total. The average Bonchev–Trinajstić information content (AvgIpc) is 3.21. The quantitative estimate of drug-likeness (QED) is 0.577. The molecule has 3 aromatic rings. The van der Waals surface area contributed by atoms with Crippen LogP contribution in [-0.4, -0.2) is 38.7 Å². The zero-order valence-electron chi connectivity index (χ0n) is 15.7. The van der Waals surface area contributed by atoms with Gasteiger partial charge in [0.15, 0.2) is 0 Å². The predicted octanol–water partition coefficient (Wildman–Crippen LogP) is 3.44. The summed E-state index contributed by atoms with van der Waals surface area (Å²) in [5.41, 5.74) is 3.49. The summed E-state index contributed by atoms with van der Waals surface area (Å²) in [6.07, 6.45) is 3.21. The lowest BCUT2D eigenvalue weighted by Crippen LogP contribution is -2.12. The minimum atomic E-state index is -0.840. The predicted molar refractivity (Wildman–Crippen MR) is 106 cm³/mol. The first-order valence-corrected chi connectivity index (χ1v) is 9.25. The lowest BCUT2D eigenvalue weighted by atomic mass is 10.1. The first-order valence-electron chi connectivity index (χ1n) is 9.25. The number of hydrogen-bond acceptors (Lipinski definition) is 4. The molecule has 0 saturated heterocycles. The Morgan fingerprint density at radius 2 is 1.76 bits per heavy atom. The third kappa shape index (κ3) is 5.71. The molecule has 0 aliphatic carbocycles. The average molecular weight is 396 g/mol. The van der Waals surface area contributed by atoms with Crippen LogP contribution in [0.2, 0.25) is 0 Å². The number of carboxylic acids is 1. The Labute approximate surface area is 167 Å². The van der Waals surface area contributed by atoms with Gasteiger partial charge in [-0.15, -0.1) is 5.10 Å². The number of aryl methyl sites for hydroxylation is 2. The first-order chi connectivity index (χ1) is 14.0. The summed E-state index contributed by atoms with van der Waals surface area (Å²) in [6.45, 7) is -0.387. The van der Waals surface area contributed by atoms with Crippen molar-refractivity contribution in [1.82, 2.24) is 15.0 Å². The fraction of sp³-hybridized carbons (Fsp3) is 0.238. The van der Waals surface area contributed by atoms with Crippen molar-refractivity contribution < 1.29 is 19.1 Å². The standard InChI is InChI=1S/C21H21FN4O3/c22-13-1-2-18-14-26(25-24-18)19-10-6-16(7-11-19)21(29)23-17-8-3-15(4-9-17)5-12-20(27)28/h3-4,6-11,14H,1-2,5,12-13H2,(H,23,29)(H,27,28). The van der Waals surface area contributed by atoms with Gasteiger partial charge in [-0.25, -0.2) is 4.68 Å². The summed E-state index contributed by atoms with van der Waals surface area (Å²) in [7, 11) is 0. The van der Waals surface area contributed by atoms with E-state index in [1.54, 1.807) is 59.4 Å². The second-order valence-electron chi connectivity index (χ2n) is 6.54. The number of alkyl halides is 1. The molecule has 1 aromatic heterocycles. The number of carbonyl (C=O) groups is 2. The van der Waals surface area contributed by atoms with Crippen molar-refractivity contribution in [2.24, 2.45) is 0 Å². The summed E-state index contributed by atoms with van der Waals surface area (Å²) >= 11 is 0. The lowest BCUT2D eigenvalue weighted by molar-refractivity contribution is -0.136. The molecule has 2 aromatic carbocycles. The van der Waals surface area contributed by atoms with E-state index in [1.807, 2.05) is 0 Å². The fourth-order valence-electron chi connectivity index (χ4n) is 2.76. The zero-order chi connectivity index (χ0) is 20.6. The molecule has 1 amide bonds. The number of nitrogens with one attached hydrogen (secondary N) is 1. The zero-order valence-corrected chi connectivity index (χ0v) is 15.7. The number of carboxylic acid groups (broad SMARTS) is 1. The van der Waals surface area contributed by atoms with Crippen LogP contribution in [0.4, 0.5) is 10.1 Å². The van der Waals surface area contributed by atoms with Gasteiger partial charge in [-0.1, -0.05) is 17.3 Å². The highest BCUT2D eigenvalue weighted by Gasteiger charge is 2.08. The third-order valence-electron chi connectivity index (χ3n) is 4.34. The first kappa shape index (κ1) is 20.2. The van der Waals surface area contributed by atoms with Crippen LogP contribution >= 0.6 is 0 Å². The number of aliphatic carboxylic acids is 1. The number of carbonyl (C=O) groups excluding carboxylic acids is 1. The molecule has 0 unspecified atom stereocenters. The van der Waals surface area contributed by atoms with Crippen molar-refractivity contribution >= 4 is 17.6 Å². The van der Waals surface area contributed by atoms with E-state index in [0.717, 1.165) is 16.9 Å². The molecule has 0 spiro atoms. The second-order valence-corrected chi connectivity index (χ2v) is 6.54. The van der Waals surface area contributed by atoms with Gasteiger partial charge in [0.05, 0.1) is 24.3 Å². The van der Waals surface area contributed by atoms with Crippen molar-refractivity contribution in [3.05, 3.63) is 71.5 Å². The van der Waals surface area contributed by atoms with E-state index in [0.29, 0.717) is 30.5 Å². The van der Waals surface area contributed by atoms with Gasteiger partial charge in [0.25, 0.3) is 5.91 Å². The Morgan fingerprint density at radius 3 is 2.41 bits per heavy atom. The molecular weight excluding hydrogens is 375 g/mol. The van der Waals surface area contributed by atoms with Gasteiger partial charge >= 0.3 is 5.97 Å². The van der Waals surface area contributed by atoms with Crippen LogP contribution in [0.25, 0.3) is 5.69 Å². The third-order valence-corrected chi connectivity index (χ3v) is 4.34. The highest BCUT2D eigenvalue weighted by molar-refractivity contribution is 6.04. The Kier molecular flexibility index (Phi) is 6.67. The molecule has 0 bridgehead atoms. The molecule has 0 radical (unpaired) electrons. The summed E-state index contributed by atoms with van der Waals surface area (Å²) in [6, 6.07) is 14.0. The number of halogens is 1. The van der Waals surface area contributed by atoms with Gasteiger partial charge in [-0.2, -0.15) is 0 Å². The van der Waals surface area contributed by atoms with Gasteiger partial charge in [-0.3, -0.25) is 14.0 Å². The van der Waals surface area contributed by atoms with Crippen molar-refractivity contribution in [3.63, 3.8) is 0 Å². The van der Waals surface area contributed by atoms with E-state index in [2.05, 4.69) is 15.6 Å². The molecular formula is C21H21FN4O3. The summed E-state index contributed by atoms with van der Waals surface area (Å²) < 4.78 is 13.8. The Morgan fingerprint density at radius 1 is 1.03 bits per heavy atom. The van der Waals surface area contributed by atoms with E-state index in [1.165, 1.54) is 0 Å². The van der Waals surface area contributed by atoms with Crippen LogP contribution in [0.5, 0.6) is 0 Å². The maximum absolute atomic E-state index is 12.4. The second kappa shape index (κ2) is 9.59. The van der Waals surface area contributed by atoms with E-state index >= 15 is 0 Å². The van der Waals surface area contributed by atoms with Gasteiger partial charge in [-0.05, 0) is 61.2 Å². The highest BCUT2D eigenvalue weighted by atomic mass is 19.1. The van der Waals surface area contributed by atoms with Gasteiger partial charge in [0.1, 0.15) is 0 Å². The van der Waals surface area contributed by atoms with Crippen molar-refractivity contribution in [3.8, 4) is 5.69 Å². The number of nitrogens with zero attached hydrogens (tertiary/aromatic N) is 3. The molecule has 3 rings (SSSR count). The van der Waals surface area contributed by atoms with Crippen LogP contribution in [-0.2, 0) is 17.6 Å². The molecule has 0 atom stereocenters. The number of aromatic nitrogens is 3. The molecule has 1 heterocycles. The molecule has 150 valence electrons. The van der Waals surface area contributed by atoms with E-state index < -0.39 is 5.97 Å². The van der Waals surface area contributed by atoms with Crippen molar-refractivity contribution in [2.45, 2.75) is 25.7 Å². The highest BCUT2D eigenvalue weighted by Crippen LogP contribution is 2.14. The van der Waals surface area contributed by atoms with Gasteiger partial charge in [0.2, 0.25) is 0 Å². The number of benzene rings is 2. The van der Waals surface area contributed by atoms with Crippen molar-refractivity contribution in [2.75, 3.05) is 12.0 Å². The normalized spacial score (nSPS) is 10.7. The molecule has 8 heteroatoms. The molecule has 29 heavy (non-hydrogen) atoms.